The van der Waals surface area contributed by atoms with Crippen LogP contribution in [0.15, 0.2) is 12.4 Å². The van der Waals surface area contributed by atoms with Crippen LogP contribution in [0.3, 0.4) is 0 Å². The van der Waals surface area contributed by atoms with Crippen LogP contribution in [-0.4, -0.2) is 29.1 Å². The molecule has 0 spiro atoms. The van der Waals surface area contributed by atoms with E-state index in [4.69, 9.17) is 9.47 Å². The fourth-order valence-electron chi connectivity index (χ4n) is 1.12. The molecule has 0 aliphatic heterocycles. The molecule has 0 N–H and O–H groups in total. The molecular weight excluding hydrogens is 192 g/mol. The molecule has 0 aliphatic carbocycles. The SMILES string of the molecule is CC(C)OCCOc1cnn(C(C)C)c1. The minimum absolute atomic E-state index is 0.256. The van der Waals surface area contributed by atoms with E-state index in [2.05, 4.69) is 18.9 Å². The summed E-state index contributed by atoms with van der Waals surface area (Å²) in [6.45, 7) is 9.37. The van der Waals surface area contributed by atoms with E-state index in [-0.39, 0.29) is 6.10 Å². The summed E-state index contributed by atoms with van der Waals surface area (Å²) in [6, 6.07) is 0.370. The molecule has 15 heavy (non-hydrogen) atoms. The van der Waals surface area contributed by atoms with E-state index in [9.17, 15) is 0 Å². The van der Waals surface area contributed by atoms with Gasteiger partial charge in [-0.15, -0.1) is 0 Å². The summed E-state index contributed by atoms with van der Waals surface area (Å²) in [5.74, 6) is 0.802. The lowest BCUT2D eigenvalue weighted by Gasteiger charge is -2.07. The molecule has 0 fully saturated rings. The standard InChI is InChI=1S/C11H20N2O2/c1-9(2)13-8-11(7-12-13)15-6-5-14-10(3)4/h7-10H,5-6H2,1-4H3. The molecule has 0 atom stereocenters. The van der Waals surface area contributed by atoms with Crippen molar-refractivity contribution in [3.8, 4) is 5.75 Å². The Labute approximate surface area is 91.2 Å². The minimum Gasteiger partial charge on any atom is -0.488 e. The Bertz CT molecular complexity index is 282. The maximum Gasteiger partial charge on any atom is 0.157 e. The molecule has 86 valence electrons. The zero-order valence-corrected chi connectivity index (χ0v) is 9.93. The molecule has 0 saturated carbocycles. The molecule has 0 aliphatic rings. The maximum absolute atomic E-state index is 5.48. The van der Waals surface area contributed by atoms with E-state index in [1.165, 1.54) is 0 Å². The number of ether oxygens (including phenoxy) is 2. The van der Waals surface area contributed by atoms with Crippen molar-refractivity contribution in [2.24, 2.45) is 0 Å². The summed E-state index contributed by atoms with van der Waals surface area (Å²) in [5.41, 5.74) is 0. The predicted molar refractivity (Wildman–Crippen MR) is 59.2 cm³/mol. The number of hydrogen-bond donors (Lipinski definition) is 0. The van der Waals surface area contributed by atoms with Gasteiger partial charge in [-0.3, -0.25) is 4.68 Å². The molecule has 0 radical (unpaired) electrons. The van der Waals surface area contributed by atoms with Gasteiger partial charge in [-0.25, -0.2) is 0 Å². The third kappa shape index (κ3) is 4.34. The van der Waals surface area contributed by atoms with Crippen LogP contribution in [0.25, 0.3) is 0 Å². The van der Waals surface area contributed by atoms with Crippen molar-refractivity contribution in [3.05, 3.63) is 12.4 Å². The van der Waals surface area contributed by atoms with Crippen LogP contribution in [0.4, 0.5) is 0 Å². The van der Waals surface area contributed by atoms with Crippen molar-refractivity contribution in [2.45, 2.75) is 39.8 Å². The molecule has 0 bridgehead atoms. The highest BCUT2D eigenvalue weighted by molar-refractivity contribution is 5.11. The molecule has 0 amide bonds. The van der Waals surface area contributed by atoms with Crippen LogP contribution < -0.4 is 4.74 Å². The van der Waals surface area contributed by atoms with Crippen LogP contribution in [-0.2, 0) is 4.74 Å². The lowest BCUT2D eigenvalue weighted by Crippen LogP contribution is -2.11. The Kier molecular flexibility index (Phi) is 4.62. The fraction of sp³-hybridized carbons (Fsp3) is 0.727. The molecule has 1 aromatic rings. The Balaban J connectivity index is 2.26. The molecule has 0 unspecified atom stereocenters. The molecular formula is C11H20N2O2. The number of nitrogens with zero attached hydrogens (tertiary/aromatic N) is 2. The van der Waals surface area contributed by atoms with E-state index >= 15 is 0 Å². The first-order chi connectivity index (χ1) is 7.09. The number of aromatic nitrogens is 2. The molecule has 4 nitrogen and oxygen atoms in total. The summed E-state index contributed by atoms with van der Waals surface area (Å²) in [7, 11) is 0. The average molecular weight is 212 g/mol. The normalized spacial score (nSPS) is 11.3. The van der Waals surface area contributed by atoms with Crippen molar-refractivity contribution in [3.63, 3.8) is 0 Å². The van der Waals surface area contributed by atoms with Crippen molar-refractivity contribution < 1.29 is 9.47 Å². The lowest BCUT2D eigenvalue weighted by atomic mass is 10.4. The largest absolute Gasteiger partial charge is 0.488 e. The van der Waals surface area contributed by atoms with Gasteiger partial charge >= 0.3 is 0 Å². The highest BCUT2D eigenvalue weighted by Crippen LogP contribution is 2.11. The van der Waals surface area contributed by atoms with Crippen molar-refractivity contribution in [1.29, 1.82) is 0 Å². The van der Waals surface area contributed by atoms with Gasteiger partial charge in [0, 0.05) is 6.04 Å². The fourth-order valence-corrected chi connectivity index (χ4v) is 1.12. The van der Waals surface area contributed by atoms with Gasteiger partial charge in [-0.05, 0) is 27.7 Å². The second kappa shape index (κ2) is 5.75. The van der Waals surface area contributed by atoms with Gasteiger partial charge in [0.05, 0.1) is 25.1 Å². The zero-order valence-electron chi connectivity index (χ0n) is 9.93. The quantitative estimate of drug-likeness (QED) is 0.679. The second-order valence-electron chi connectivity index (χ2n) is 4.02. The molecule has 1 heterocycles. The van der Waals surface area contributed by atoms with Crippen molar-refractivity contribution >= 4 is 0 Å². The molecule has 1 rings (SSSR count). The van der Waals surface area contributed by atoms with Crippen LogP contribution in [0.2, 0.25) is 0 Å². The first-order valence-corrected chi connectivity index (χ1v) is 5.38. The summed E-state index contributed by atoms with van der Waals surface area (Å²) < 4.78 is 12.7. The van der Waals surface area contributed by atoms with Gasteiger partial charge in [-0.2, -0.15) is 5.10 Å². The number of hydrogen-bond acceptors (Lipinski definition) is 3. The van der Waals surface area contributed by atoms with Crippen LogP contribution >= 0.6 is 0 Å². The van der Waals surface area contributed by atoms with E-state index in [0.29, 0.717) is 19.3 Å². The van der Waals surface area contributed by atoms with E-state index in [1.54, 1.807) is 6.20 Å². The van der Waals surface area contributed by atoms with Gasteiger partial charge in [0.15, 0.2) is 5.75 Å². The van der Waals surface area contributed by atoms with Gasteiger partial charge in [-0.1, -0.05) is 0 Å². The molecule has 1 aromatic heterocycles. The van der Waals surface area contributed by atoms with Gasteiger partial charge in [0.2, 0.25) is 0 Å². The summed E-state index contributed by atoms with van der Waals surface area (Å²) >= 11 is 0. The Morgan fingerprint density at radius 3 is 2.53 bits per heavy atom. The first kappa shape index (κ1) is 12.0. The Hall–Kier alpha value is -1.03. The van der Waals surface area contributed by atoms with E-state index < -0.39 is 0 Å². The average Bonchev–Trinajstić information content (AvgIpc) is 2.60. The van der Waals surface area contributed by atoms with Gasteiger partial charge < -0.3 is 9.47 Å². The monoisotopic (exact) mass is 212 g/mol. The minimum atomic E-state index is 0.256. The summed E-state index contributed by atoms with van der Waals surface area (Å²) in [4.78, 5) is 0. The third-order valence-corrected chi connectivity index (χ3v) is 1.91. The van der Waals surface area contributed by atoms with Gasteiger partial charge in [0.1, 0.15) is 6.61 Å². The summed E-state index contributed by atoms with van der Waals surface area (Å²) in [5, 5.41) is 4.18. The zero-order chi connectivity index (χ0) is 11.3. The van der Waals surface area contributed by atoms with Crippen LogP contribution in [0.1, 0.15) is 33.7 Å². The highest BCUT2D eigenvalue weighted by Gasteiger charge is 2.02. The smallest absolute Gasteiger partial charge is 0.157 e. The number of rotatable bonds is 6. The Morgan fingerprint density at radius 2 is 2.00 bits per heavy atom. The topological polar surface area (TPSA) is 36.3 Å². The van der Waals surface area contributed by atoms with E-state index in [0.717, 1.165) is 5.75 Å². The molecule has 0 aromatic carbocycles. The molecule has 4 heteroatoms. The van der Waals surface area contributed by atoms with Crippen molar-refractivity contribution in [1.82, 2.24) is 9.78 Å². The lowest BCUT2D eigenvalue weighted by molar-refractivity contribution is 0.0552. The van der Waals surface area contributed by atoms with E-state index in [1.807, 2.05) is 24.7 Å². The summed E-state index contributed by atoms with van der Waals surface area (Å²) in [6.07, 6.45) is 3.89. The highest BCUT2D eigenvalue weighted by atomic mass is 16.5. The second-order valence-corrected chi connectivity index (χ2v) is 4.02. The first-order valence-electron chi connectivity index (χ1n) is 5.38. The third-order valence-electron chi connectivity index (χ3n) is 1.91. The van der Waals surface area contributed by atoms with Crippen LogP contribution in [0.5, 0.6) is 5.75 Å². The predicted octanol–water partition coefficient (Wildman–Crippen LogP) is 2.27. The Morgan fingerprint density at radius 1 is 1.27 bits per heavy atom. The maximum atomic E-state index is 5.48. The van der Waals surface area contributed by atoms with Crippen LogP contribution in [0, 0.1) is 0 Å². The van der Waals surface area contributed by atoms with Gasteiger partial charge in [0.25, 0.3) is 0 Å². The molecule has 0 saturated heterocycles. The van der Waals surface area contributed by atoms with Crippen molar-refractivity contribution in [2.75, 3.05) is 13.2 Å².